The SMILES string of the molecule is CNCc1cccc(N2C[C@@H](OC)CC2=O)c1. The summed E-state index contributed by atoms with van der Waals surface area (Å²) in [6.07, 6.45) is 0.502. The van der Waals surface area contributed by atoms with Gasteiger partial charge in [0.1, 0.15) is 0 Å². The number of anilines is 1. The number of carbonyl (C=O) groups is 1. The molecule has 0 radical (unpaired) electrons. The molecular formula is C13H18N2O2. The lowest BCUT2D eigenvalue weighted by Gasteiger charge is -2.17. The third-order valence-electron chi connectivity index (χ3n) is 3.03. The summed E-state index contributed by atoms with van der Waals surface area (Å²) >= 11 is 0. The van der Waals surface area contributed by atoms with E-state index in [4.69, 9.17) is 4.74 Å². The summed E-state index contributed by atoms with van der Waals surface area (Å²) in [5.41, 5.74) is 2.14. The Morgan fingerprint density at radius 2 is 2.35 bits per heavy atom. The Morgan fingerprint density at radius 3 is 3.00 bits per heavy atom. The number of methoxy groups -OCH3 is 1. The van der Waals surface area contributed by atoms with Gasteiger partial charge in [0.15, 0.2) is 0 Å². The minimum atomic E-state index is 0.0236. The number of nitrogens with one attached hydrogen (secondary N) is 1. The van der Waals surface area contributed by atoms with Gasteiger partial charge in [-0.05, 0) is 24.7 Å². The lowest BCUT2D eigenvalue weighted by Crippen LogP contribution is -2.25. The fourth-order valence-corrected chi connectivity index (χ4v) is 2.12. The zero-order chi connectivity index (χ0) is 12.3. The van der Waals surface area contributed by atoms with Crippen LogP contribution < -0.4 is 10.2 Å². The Balaban J connectivity index is 2.16. The van der Waals surface area contributed by atoms with Gasteiger partial charge in [-0.2, -0.15) is 0 Å². The molecule has 4 nitrogen and oxygen atoms in total. The normalized spacial score (nSPS) is 20.0. The molecule has 1 aliphatic rings. The molecule has 1 aromatic carbocycles. The van der Waals surface area contributed by atoms with E-state index in [1.54, 1.807) is 12.0 Å². The molecule has 0 aliphatic carbocycles. The van der Waals surface area contributed by atoms with Gasteiger partial charge in [0.2, 0.25) is 5.91 Å². The molecule has 0 aromatic heterocycles. The average Bonchev–Trinajstić information content (AvgIpc) is 2.71. The molecule has 1 atom stereocenters. The molecule has 2 rings (SSSR count). The van der Waals surface area contributed by atoms with E-state index in [0.717, 1.165) is 12.2 Å². The molecular weight excluding hydrogens is 216 g/mol. The maximum atomic E-state index is 11.8. The van der Waals surface area contributed by atoms with Gasteiger partial charge < -0.3 is 15.0 Å². The van der Waals surface area contributed by atoms with Crippen molar-refractivity contribution < 1.29 is 9.53 Å². The van der Waals surface area contributed by atoms with Crippen molar-refractivity contribution in [3.05, 3.63) is 29.8 Å². The van der Waals surface area contributed by atoms with Crippen molar-refractivity contribution in [2.75, 3.05) is 25.6 Å². The highest BCUT2D eigenvalue weighted by atomic mass is 16.5. The molecule has 0 saturated carbocycles. The van der Waals surface area contributed by atoms with E-state index in [-0.39, 0.29) is 12.0 Å². The standard InChI is InChI=1S/C13H18N2O2/c1-14-8-10-4-3-5-11(6-10)15-9-12(17-2)7-13(15)16/h3-6,12,14H,7-9H2,1-2H3/t12-/m0/s1. The van der Waals surface area contributed by atoms with Crippen LogP contribution in [0.15, 0.2) is 24.3 Å². The predicted octanol–water partition coefficient (Wildman–Crippen LogP) is 1.16. The lowest BCUT2D eigenvalue weighted by atomic mass is 10.2. The van der Waals surface area contributed by atoms with Crippen molar-refractivity contribution in [3.8, 4) is 0 Å². The highest BCUT2D eigenvalue weighted by molar-refractivity contribution is 5.96. The number of hydrogen-bond acceptors (Lipinski definition) is 3. The Labute approximate surface area is 102 Å². The minimum absolute atomic E-state index is 0.0236. The highest BCUT2D eigenvalue weighted by Crippen LogP contribution is 2.23. The zero-order valence-electron chi connectivity index (χ0n) is 10.3. The molecule has 0 bridgehead atoms. The molecule has 0 spiro atoms. The summed E-state index contributed by atoms with van der Waals surface area (Å²) in [6.45, 7) is 1.46. The molecule has 1 saturated heterocycles. The third kappa shape index (κ3) is 2.65. The van der Waals surface area contributed by atoms with E-state index in [2.05, 4.69) is 5.32 Å². The number of nitrogens with zero attached hydrogens (tertiary/aromatic N) is 1. The van der Waals surface area contributed by atoms with Crippen molar-refractivity contribution >= 4 is 11.6 Å². The summed E-state index contributed by atoms with van der Waals surface area (Å²) in [4.78, 5) is 13.6. The second-order valence-electron chi connectivity index (χ2n) is 4.27. The first kappa shape index (κ1) is 12.1. The molecule has 1 aliphatic heterocycles. The van der Waals surface area contributed by atoms with Crippen molar-refractivity contribution in [1.29, 1.82) is 0 Å². The van der Waals surface area contributed by atoms with Gasteiger partial charge in [0.05, 0.1) is 19.1 Å². The largest absolute Gasteiger partial charge is 0.379 e. The smallest absolute Gasteiger partial charge is 0.229 e. The first-order chi connectivity index (χ1) is 8.24. The molecule has 1 heterocycles. The fraction of sp³-hybridized carbons (Fsp3) is 0.462. The van der Waals surface area contributed by atoms with Crippen LogP contribution in [0.4, 0.5) is 5.69 Å². The van der Waals surface area contributed by atoms with Crippen LogP contribution >= 0.6 is 0 Å². The van der Waals surface area contributed by atoms with Gasteiger partial charge in [-0.25, -0.2) is 0 Å². The number of benzene rings is 1. The van der Waals surface area contributed by atoms with Crippen LogP contribution in [0.3, 0.4) is 0 Å². The van der Waals surface area contributed by atoms with E-state index < -0.39 is 0 Å². The van der Waals surface area contributed by atoms with Gasteiger partial charge in [0, 0.05) is 19.3 Å². The van der Waals surface area contributed by atoms with Gasteiger partial charge in [-0.3, -0.25) is 4.79 Å². The van der Waals surface area contributed by atoms with E-state index in [1.807, 2.05) is 31.3 Å². The predicted molar refractivity (Wildman–Crippen MR) is 67.0 cm³/mol. The summed E-state index contributed by atoms with van der Waals surface area (Å²) in [6, 6.07) is 8.05. The molecule has 0 unspecified atom stereocenters. The van der Waals surface area contributed by atoms with Crippen molar-refractivity contribution in [1.82, 2.24) is 5.32 Å². The van der Waals surface area contributed by atoms with E-state index in [9.17, 15) is 4.79 Å². The average molecular weight is 234 g/mol. The van der Waals surface area contributed by atoms with Crippen LogP contribution in [0.5, 0.6) is 0 Å². The van der Waals surface area contributed by atoms with E-state index >= 15 is 0 Å². The van der Waals surface area contributed by atoms with Crippen LogP contribution in [-0.4, -0.2) is 32.7 Å². The summed E-state index contributed by atoms with van der Waals surface area (Å²) in [5, 5.41) is 3.10. The molecule has 1 fully saturated rings. The van der Waals surface area contributed by atoms with Crippen LogP contribution in [0.2, 0.25) is 0 Å². The van der Waals surface area contributed by atoms with Gasteiger partial charge in [0.25, 0.3) is 0 Å². The second kappa shape index (κ2) is 5.29. The summed E-state index contributed by atoms with van der Waals surface area (Å²) < 4.78 is 5.24. The molecule has 92 valence electrons. The third-order valence-corrected chi connectivity index (χ3v) is 3.03. The summed E-state index contributed by atoms with van der Waals surface area (Å²) in [5.74, 6) is 0.137. The van der Waals surface area contributed by atoms with Gasteiger partial charge >= 0.3 is 0 Å². The molecule has 1 amide bonds. The second-order valence-corrected chi connectivity index (χ2v) is 4.27. The first-order valence-electron chi connectivity index (χ1n) is 5.81. The molecule has 17 heavy (non-hydrogen) atoms. The Morgan fingerprint density at radius 1 is 1.53 bits per heavy atom. The Kier molecular flexibility index (Phi) is 3.76. The maximum absolute atomic E-state index is 11.8. The topological polar surface area (TPSA) is 41.6 Å². The number of amides is 1. The monoisotopic (exact) mass is 234 g/mol. The van der Waals surface area contributed by atoms with E-state index in [0.29, 0.717) is 13.0 Å². The highest BCUT2D eigenvalue weighted by Gasteiger charge is 2.30. The number of rotatable bonds is 4. The molecule has 4 heteroatoms. The maximum Gasteiger partial charge on any atom is 0.229 e. The van der Waals surface area contributed by atoms with Crippen LogP contribution in [0.25, 0.3) is 0 Å². The Hall–Kier alpha value is -1.39. The minimum Gasteiger partial charge on any atom is -0.379 e. The van der Waals surface area contributed by atoms with Gasteiger partial charge in [-0.1, -0.05) is 12.1 Å². The van der Waals surface area contributed by atoms with Crippen LogP contribution in [-0.2, 0) is 16.1 Å². The molecule has 1 N–H and O–H groups in total. The lowest BCUT2D eigenvalue weighted by molar-refractivity contribution is -0.117. The fourth-order valence-electron chi connectivity index (χ4n) is 2.12. The first-order valence-corrected chi connectivity index (χ1v) is 5.81. The van der Waals surface area contributed by atoms with Crippen molar-refractivity contribution in [2.24, 2.45) is 0 Å². The Bertz CT molecular complexity index is 406. The van der Waals surface area contributed by atoms with E-state index in [1.165, 1.54) is 5.56 Å². The summed E-state index contributed by atoms with van der Waals surface area (Å²) in [7, 11) is 3.56. The quantitative estimate of drug-likeness (QED) is 0.850. The number of carbonyl (C=O) groups excluding carboxylic acids is 1. The van der Waals surface area contributed by atoms with Crippen molar-refractivity contribution in [3.63, 3.8) is 0 Å². The van der Waals surface area contributed by atoms with Crippen molar-refractivity contribution in [2.45, 2.75) is 19.1 Å². The zero-order valence-corrected chi connectivity index (χ0v) is 10.3. The number of hydrogen-bond donors (Lipinski definition) is 1. The number of ether oxygens (including phenoxy) is 1. The van der Waals surface area contributed by atoms with Crippen LogP contribution in [0, 0.1) is 0 Å². The van der Waals surface area contributed by atoms with Crippen LogP contribution in [0.1, 0.15) is 12.0 Å². The van der Waals surface area contributed by atoms with Gasteiger partial charge in [-0.15, -0.1) is 0 Å². The molecule has 1 aromatic rings.